The number of carboxylic acid groups (broad SMARTS) is 1. The van der Waals surface area contributed by atoms with E-state index in [0.29, 0.717) is 13.0 Å². The third-order valence-corrected chi connectivity index (χ3v) is 3.37. The summed E-state index contributed by atoms with van der Waals surface area (Å²) in [7, 11) is 0. The molecule has 0 aliphatic carbocycles. The number of hydrogen-bond donors (Lipinski definition) is 1. The van der Waals surface area contributed by atoms with E-state index in [1.807, 2.05) is 0 Å². The average Bonchev–Trinajstić information content (AvgIpc) is 2.38. The fraction of sp³-hybridized carbons (Fsp3) is 0.429. The van der Waals surface area contributed by atoms with Crippen LogP contribution in [0.4, 0.5) is 4.39 Å². The monoisotopic (exact) mass is 265 g/mol. The van der Waals surface area contributed by atoms with Crippen LogP contribution >= 0.6 is 0 Å². The molecule has 0 bridgehead atoms. The van der Waals surface area contributed by atoms with Crippen molar-refractivity contribution in [2.24, 2.45) is 0 Å². The molecule has 0 radical (unpaired) electrons. The van der Waals surface area contributed by atoms with Crippen molar-refractivity contribution in [3.8, 4) is 0 Å². The van der Waals surface area contributed by atoms with Gasteiger partial charge in [0.05, 0.1) is 6.42 Å². The van der Waals surface area contributed by atoms with E-state index < -0.39 is 11.8 Å². The van der Waals surface area contributed by atoms with Crippen molar-refractivity contribution in [3.05, 3.63) is 35.6 Å². The maximum Gasteiger partial charge on any atom is 0.305 e. The minimum atomic E-state index is -0.913. The van der Waals surface area contributed by atoms with Crippen LogP contribution in [0.1, 0.15) is 36.0 Å². The number of aliphatic carboxylic acids is 1. The number of halogens is 1. The van der Waals surface area contributed by atoms with Gasteiger partial charge in [-0.05, 0) is 37.5 Å². The Balaban J connectivity index is 2.17. The van der Waals surface area contributed by atoms with Crippen LogP contribution in [0.15, 0.2) is 24.3 Å². The summed E-state index contributed by atoms with van der Waals surface area (Å²) in [6.07, 6.45) is 2.41. The Morgan fingerprint density at radius 3 is 2.84 bits per heavy atom. The summed E-state index contributed by atoms with van der Waals surface area (Å²) in [6, 6.07) is 5.22. The Labute approximate surface area is 110 Å². The predicted octanol–water partition coefficient (Wildman–Crippen LogP) is 2.30. The number of carbonyl (C=O) groups is 2. The normalized spacial score (nSPS) is 19.2. The zero-order chi connectivity index (χ0) is 13.8. The fourth-order valence-electron chi connectivity index (χ4n) is 2.47. The quantitative estimate of drug-likeness (QED) is 0.912. The van der Waals surface area contributed by atoms with Gasteiger partial charge in [0.1, 0.15) is 5.82 Å². The zero-order valence-corrected chi connectivity index (χ0v) is 10.5. The first kappa shape index (κ1) is 13.5. The molecule has 19 heavy (non-hydrogen) atoms. The second-order valence-corrected chi connectivity index (χ2v) is 4.76. The minimum Gasteiger partial charge on any atom is -0.481 e. The molecule has 1 aromatic rings. The molecule has 1 aromatic carbocycles. The van der Waals surface area contributed by atoms with E-state index in [0.717, 1.165) is 12.8 Å². The fourth-order valence-corrected chi connectivity index (χ4v) is 2.47. The van der Waals surface area contributed by atoms with Crippen LogP contribution in [0.5, 0.6) is 0 Å². The Morgan fingerprint density at radius 2 is 2.16 bits per heavy atom. The summed E-state index contributed by atoms with van der Waals surface area (Å²) in [5.41, 5.74) is 0.275. The van der Waals surface area contributed by atoms with Crippen molar-refractivity contribution < 1.29 is 19.1 Å². The lowest BCUT2D eigenvalue weighted by Gasteiger charge is -2.35. The third kappa shape index (κ3) is 3.30. The molecule has 0 aromatic heterocycles. The number of piperidine rings is 1. The lowest BCUT2D eigenvalue weighted by atomic mass is 9.98. The first-order valence-corrected chi connectivity index (χ1v) is 6.36. The van der Waals surface area contributed by atoms with Crippen molar-refractivity contribution in [2.45, 2.75) is 31.7 Å². The molecule has 2 rings (SSSR count). The molecule has 5 heteroatoms. The van der Waals surface area contributed by atoms with Crippen LogP contribution < -0.4 is 0 Å². The SMILES string of the molecule is O=C(O)CC1CCCCN1C(=O)c1cccc(F)c1. The summed E-state index contributed by atoms with van der Waals surface area (Å²) in [5.74, 6) is -1.66. The number of likely N-dealkylation sites (tertiary alicyclic amines) is 1. The van der Waals surface area contributed by atoms with Gasteiger partial charge in [-0.1, -0.05) is 6.07 Å². The van der Waals surface area contributed by atoms with Gasteiger partial charge in [0.15, 0.2) is 0 Å². The lowest BCUT2D eigenvalue weighted by Crippen LogP contribution is -2.44. The molecular weight excluding hydrogens is 249 g/mol. The summed E-state index contributed by atoms with van der Waals surface area (Å²) < 4.78 is 13.1. The number of nitrogens with zero attached hydrogens (tertiary/aromatic N) is 1. The standard InChI is InChI=1S/C14H16FNO3/c15-11-5-3-4-10(8-11)14(19)16-7-2-1-6-12(16)9-13(17)18/h3-5,8,12H,1-2,6-7,9H2,(H,17,18). The molecule has 1 saturated heterocycles. The van der Waals surface area contributed by atoms with Gasteiger partial charge >= 0.3 is 5.97 Å². The van der Waals surface area contributed by atoms with Crippen LogP contribution in [0.25, 0.3) is 0 Å². The van der Waals surface area contributed by atoms with Gasteiger partial charge in [0.2, 0.25) is 0 Å². The smallest absolute Gasteiger partial charge is 0.305 e. The van der Waals surface area contributed by atoms with Crippen molar-refractivity contribution in [2.75, 3.05) is 6.54 Å². The maximum absolute atomic E-state index is 13.1. The van der Waals surface area contributed by atoms with Crippen molar-refractivity contribution in [3.63, 3.8) is 0 Å². The van der Waals surface area contributed by atoms with E-state index in [1.165, 1.54) is 18.2 Å². The molecule has 1 aliphatic rings. The van der Waals surface area contributed by atoms with E-state index in [4.69, 9.17) is 5.11 Å². The van der Waals surface area contributed by atoms with E-state index in [2.05, 4.69) is 0 Å². The Bertz CT molecular complexity index is 489. The number of benzene rings is 1. The molecule has 1 amide bonds. The summed E-state index contributed by atoms with van der Waals surface area (Å²) >= 11 is 0. The summed E-state index contributed by atoms with van der Waals surface area (Å²) in [5, 5.41) is 8.88. The first-order valence-electron chi connectivity index (χ1n) is 6.36. The number of carbonyl (C=O) groups excluding carboxylic acids is 1. The molecule has 0 spiro atoms. The van der Waals surface area contributed by atoms with Gasteiger partial charge in [-0.15, -0.1) is 0 Å². The van der Waals surface area contributed by atoms with Gasteiger partial charge in [-0.3, -0.25) is 9.59 Å². The summed E-state index contributed by atoms with van der Waals surface area (Å²) in [6.45, 7) is 0.535. The largest absolute Gasteiger partial charge is 0.481 e. The van der Waals surface area contributed by atoms with E-state index in [-0.39, 0.29) is 23.9 Å². The van der Waals surface area contributed by atoms with Crippen molar-refractivity contribution in [1.82, 2.24) is 4.90 Å². The molecular formula is C14H16FNO3. The summed E-state index contributed by atoms with van der Waals surface area (Å²) in [4.78, 5) is 24.7. The Hall–Kier alpha value is -1.91. The predicted molar refractivity (Wildman–Crippen MR) is 67.3 cm³/mol. The van der Waals surface area contributed by atoms with Crippen LogP contribution in [0.2, 0.25) is 0 Å². The van der Waals surface area contributed by atoms with Gasteiger partial charge in [0, 0.05) is 18.2 Å². The molecule has 102 valence electrons. The van der Waals surface area contributed by atoms with Gasteiger partial charge < -0.3 is 10.0 Å². The molecule has 1 N–H and O–H groups in total. The molecule has 1 heterocycles. The number of rotatable bonds is 3. The minimum absolute atomic E-state index is 0.0545. The maximum atomic E-state index is 13.1. The molecule has 0 saturated carbocycles. The molecule has 1 unspecified atom stereocenters. The number of amides is 1. The topological polar surface area (TPSA) is 57.6 Å². The van der Waals surface area contributed by atoms with Crippen LogP contribution in [-0.2, 0) is 4.79 Å². The van der Waals surface area contributed by atoms with E-state index >= 15 is 0 Å². The Morgan fingerprint density at radius 1 is 1.37 bits per heavy atom. The van der Waals surface area contributed by atoms with E-state index in [9.17, 15) is 14.0 Å². The molecule has 1 atom stereocenters. The molecule has 1 fully saturated rings. The zero-order valence-electron chi connectivity index (χ0n) is 10.5. The molecule has 1 aliphatic heterocycles. The lowest BCUT2D eigenvalue weighted by molar-refractivity contribution is -0.138. The highest BCUT2D eigenvalue weighted by molar-refractivity contribution is 5.94. The van der Waals surface area contributed by atoms with Gasteiger partial charge in [0.25, 0.3) is 5.91 Å². The van der Waals surface area contributed by atoms with Crippen LogP contribution in [0.3, 0.4) is 0 Å². The highest BCUT2D eigenvalue weighted by atomic mass is 19.1. The third-order valence-electron chi connectivity index (χ3n) is 3.37. The van der Waals surface area contributed by atoms with Crippen molar-refractivity contribution >= 4 is 11.9 Å². The van der Waals surface area contributed by atoms with Crippen molar-refractivity contribution in [1.29, 1.82) is 0 Å². The van der Waals surface area contributed by atoms with Gasteiger partial charge in [-0.25, -0.2) is 4.39 Å². The highest BCUT2D eigenvalue weighted by Crippen LogP contribution is 2.22. The Kier molecular flexibility index (Phi) is 4.14. The number of carboxylic acids is 1. The van der Waals surface area contributed by atoms with Crippen LogP contribution in [-0.4, -0.2) is 34.5 Å². The van der Waals surface area contributed by atoms with Crippen LogP contribution in [0, 0.1) is 5.82 Å². The second-order valence-electron chi connectivity index (χ2n) is 4.76. The number of hydrogen-bond acceptors (Lipinski definition) is 2. The first-order chi connectivity index (χ1) is 9.08. The average molecular weight is 265 g/mol. The molecule has 4 nitrogen and oxygen atoms in total. The van der Waals surface area contributed by atoms with E-state index in [1.54, 1.807) is 11.0 Å². The second kappa shape index (κ2) is 5.82. The van der Waals surface area contributed by atoms with Gasteiger partial charge in [-0.2, -0.15) is 0 Å². The highest BCUT2D eigenvalue weighted by Gasteiger charge is 2.29.